The van der Waals surface area contributed by atoms with E-state index in [1.165, 1.54) is 76.4 Å². The molecule has 0 aliphatic carbocycles. The van der Waals surface area contributed by atoms with E-state index in [0.29, 0.717) is 92.5 Å². The van der Waals surface area contributed by atoms with Crippen LogP contribution >= 0.6 is 0 Å². The zero-order chi connectivity index (χ0) is 31.6. The molecule has 1 rings (SSSR count). The van der Waals surface area contributed by atoms with Crippen LogP contribution in [0.15, 0.2) is 12.2 Å². The first kappa shape index (κ1) is 40.6. The van der Waals surface area contributed by atoms with E-state index < -0.39 is 0 Å². The Morgan fingerprint density at radius 1 is 0.386 bits per heavy atom. The van der Waals surface area contributed by atoms with Crippen LogP contribution < -0.4 is 0 Å². The Morgan fingerprint density at radius 2 is 0.659 bits per heavy atom. The number of nitrogens with zero attached hydrogens (tertiary/aromatic N) is 1. The standard InChI is InChI=1S/C33H61NO10/c1-2-3-4-5-6-7-8-9-10-11-12-16-37-18-20-39-22-24-41-26-28-43-30-31-44-29-27-42-25-23-40-21-19-38-17-15-34-32(35)13-14-33(34)36/h13-14H,2-12,15-31H2,1H3. The number of carbonyl (C=O) groups excluding carboxylic acids is 2. The number of imide groups is 1. The maximum atomic E-state index is 11.4. The molecule has 0 atom stereocenters. The van der Waals surface area contributed by atoms with Crippen LogP contribution in [0.3, 0.4) is 0 Å². The lowest BCUT2D eigenvalue weighted by molar-refractivity contribution is -0.137. The number of hydrogen-bond acceptors (Lipinski definition) is 10. The summed E-state index contributed by atoms with van der Waals surface area (Å²) in [6, 6.07) is 0. The van der Waals surface area contributed by atoms with Gasteiger partial charge in [0.05, 0.1) is 106 Å². The van der Waals surface area contributed by atoms with Crippen molar-refractivity contribution < 1.29 is 47.5 Å². The lowest BCUT2D eigenvalue weighted by Crippen LogP contribution is -2.33. The van der Waals surface area contributed by atoms with Crippen molar-refractivity contribution in [3.05, 3.63) is 12.2 Å². The maximum Gasteiger partial charge on any atom is 0.253 e. The Labute approximate surface area is 266 Å². The molecule has 0 saturated heterocycles. The van der Waals surface area contributed by atoms with Crippen molar-refractivity contribution in [3.8, 4) is 0 Å². The minimum Gasteiger partial charge on any atom is -0.379 e. The van der Waals surface area contributed by atoms with Gasteiger partial charge in [-0.3, -0.25) is 14.5 Å². The molecule has 0 saturated carbocycles. The summed E-state index contributed by atoms with van der Waals surface area (Å²) in [5.74, 6) is -0.598. The van der Waals surface area contributed by atoms with Crippen molar-refractivity contribution in [3.63, 3.8) is 0 Å². The third-order valence-electron chi connectivity index (χ3n) is 6.86. The van der Waals surface area contributed by atoms with Gasteiger partial charge in [0.2, 0.25) is 0 Å². The SMILES string of the molecule is CCCCCCCCCCCCCOCCOCCOCCOCCOCCOCCOCCOCCN1C(=O)C=CC1=O. The summed E-state index contributed by atoms with van der Waals surface area (Å²) >= 11 is 0. The molecule has 0 bridgehead atoms. The summed E-state index contributed by atoms with van der Waals surface area (Å²) in [6.45, 7) is 10.8. The monoisotopic (exact) mass is 631 g/mol. The highest BCUT2D eigenvalue weighted by Crippen LogP contribution is 2.11. The third kappa shape index (κ3) is 26.9. The van der Waals surface area contributed by atoms with Crippen LogP contribution in [0.2, 0.25) is 0 Å². The normalized spacial score (nSPS) is 13.2. The van der Waals surface area contributed by atoms with Crippen molar-refractivity contribution >= 4 is 11.8 Å². The molecule has 44 heavy (non-hydrogen) atoms. The highest BCUT2D eigenvalue weighted by molar-refractivity contribution is 6.12. The predicted octanol–water partition coefficient (Wildman–Crippen LogP) is 4.36. The third-order valence-corrected chi connectivity index (χ3v) is 6.86. The zero-order valence-electron chi connectivity index (χ0n) is 27.5. The van der Waals surface area contributed by atoms with Crippen LogP contribution in [0, 0.1) is 0 Å². The van der Waals surface area contributed by atoms with Gasteiger partial charge in [-0.1, -0.05) is 71.1 Å². The lowest BCUT2D eigenvalue weighted by Gasteiger charge is -2.13. The largest absolute Gasteiger partial charge is 0.379 e. The van der Waals surface area contributed by atoms with Gasteiger partial charge in [-0.05, 0) is 6.42 Å². The van der Waals surface area contributed by atoms with Crippen LogP contribution in [0.5, 0.6) is 0 Å². The molecule has 0 radical (unpaired) electrons. The van der Waals surface area contributed by atoms with E-state index in [9.17, 15) is 9.59 Å². The Morgan fingerprint density at radius 3 is 1.00 bits per heavy atom. The summed E-state index contributed by atoms with van der Waals surface area (Å²) in [5, 5.41) is 0. The fourth-order valence-corrected chi connectivity index (χ4v) is 4.32. The molecule has 0 N–H and O–H groups in total. The molecule has 1 heterocycles. The molecule has 2 amide bonds. The second kappa shape index (κ2) is 32.9. The van der Waals surface area contributed by atoms with E-state index in [1.54, 1.807) is 0 Å². The molecule has 1 aliphatic rings. The first-order valence-corrected chi connectivity index (χ1v) is 16.9. The average molecular weight is 632 g/mol. The van der Waals surface area contributed by atoms with Gasteiger partial charge in [0, 0.05) is 18.8 Å². The van der Waals surface area contributed by atoms with Crippen LogP contribution in [0.25, 0.3) is 0 Å². The summed E-state index contributed by atoms with van der Waals surface area (Å²) < 4.78 is 43.9. The molecular weight excluding hydrogens is 570 g/mol. The highest BCUT2D eigenvalue weighted by Gasteiger charge is 2.22. The molecule has 0 unspecified atom stereocenters. The van der Waals surface area contributed by atoms with Crippen LogP contribution in [-0.4, -0.2) is 129 Å². The summed E-state index contributed by atoms with van der Waals surface area (Å²) in [6.07, 6.45) is 17.3. The van der Waals surface area contributed by atoms with Crippen molar-refractivity contribution in [2.24, 2.45) is 0 Å². The van der Waals surface area contributed by atoms with Gasteiger partial charge in [-0.25, -0.2) is 0 Å². The molecule has 0 aromatic carbocycles. The molecule has 258 valence electrons. The molecule has 0 spiro atoms. The number of carbonyl (C=O) groups is 2. The minimum absolute atomic E-state index is 0.248. The molecule has 0 aromatic heterocycles. The Kier molecular flexibility index (Phi) is 30.4. The van der Waals surface area contributed by atoms with Crippen molar-refractivity contribution in [1.82, 2.24) is 4.90 Å². The van der Waals surface area contributed by atoms with Crippen molar-refractivity contribution in [2.75, 3.05) is 112 Å². The van der Waals surface area contributed by atoms with Crippen molar-refractivity contribution in [2.45, 2.75) is 77.6 Å². The molecular formula is C33H61NO10. The molecule has 11 nitrogen and oxygen atoms in total. The first-order valence-electron chi connectivity index (χ1n) is 16.9. The molecule has 0 aromatic rings. The van der Waals surface area contributed by atoms with Gasteiger partial charge >= 0.3 is 0 Å². The second-order valence-electron chi connectivity index (χ2n) is 10.6. The fraction of sp³-hybridized carbons (Fsp3) is 0.879. The van der Waals surface area contributed by atoms with E-state index in [0.717, 1.165) is 17.9 Å². The highest BCUT2D eigenvalue weighted by atomic mass is 16.6. The van der Waals surface area contributed by atoms with E-state index in [4.69, 9.17) is 37.9 Å². The predicted molar refractivity (Wildman–Crippen MR) is 169 cm³/mol. The molecule has 11 heteroatoms. The fourth-order valence-electron chi connectivity index (χ4n) is 4.32. The van der Waals surface area contributed by atoms with E-state index in [1.807, 2.05) is 0 Å². The smallest absolute Gasteiger partial charge is 0.253 e. The van der Waals surface area contributed by atoms with Gasteiger partial charge in [-0.15, -0.1) is 0 Å². The van der Waals surface area contributed by atoms with E-state index >= 15 is 0 Å². The quantitative estimate of drug-likeness (QED) is 0.0731. The van der Waals surface area contributed by atoms with Crippen LogP contribution in [0.1, 0.15) is 77.6 Å². The van der Waals surface area contributed by atoms with Gasteiger partial charge in [-0.2, -0.15) is 0 Å². The molecule has 1 aliphatic heterocycles. The first-order chi connectivity index (χ1) is 21.8. The second-order valence-corrected chi connectivity index (χ2v) is 10.6. The summed E-state index contributed by atoms with van der Waals surface area (Å²) in [5.41, 5.74) is 0. The van der Waals surface area contributed by atoms with Gasteiger partial charge in [0.1, 0.15) is 0 Å². The number of rotatable bonds is 36. The number of ether oxygens (including phenoxy) is 8. The number of hydrogen-bond donors (Lipinski definition) is 0. The van der Waals surface area contributed by atoms with Gasteiger partial charge in [0.15, 0.2) is 0 Å². The lowest BCUT2D eigenvalue weighted by atomic mass is 10.1. The Balaban J connectivity index is 1.62. The Bertz CT molecular complexity index is 661. The number of amides is 2. The van der Waals surface area contributed by atoms with Gasteiger partial charge < -0.3 is 37.9 Å². The van der Waals surface area contributed by atoms with Crippen LogP contribution in [0.4, 0.5) is 0 Å². The molecule has 0 fully saturated rings. The minimum atomic E-state index is -0.299. The average Bonchev–Trinajstić information content (AvgIpc) is 3.35. The Hall–Kier alpha value is -1.44. The summed E-state index contributed by atoms with van der Waals surface area (Å²) in [7, 11) is 0. The van der Waals surface area contributed by atoms with E-state index in [-0.39, 0.29) is 25.0 Å². The maximum absolute atomic E-state index is 11.4. The number of unbranched alkanes of at least 4 members (excludes halogenated alkanes) is 10. The topological polar surface area (TPSA) is 111 Å². The van der Waals surface area contributed by atoms with E-state index in [2.05, 4.69) is 6.92 Å². The van der Waals surface area contributed by atoms with Crippen LogP contribution in [-0.2, 0) is 47.5 Å². The zero-order valence-corrected chi connectivity index (χ0v) is 27.5. The summed E-state index contributed by atoms with van der Waals surface area (Å²) in [4.78, 5) is 23.9. The van der Waals surface area contributed by atoms with Crippen molar-refractivity contribution in [1.29, 1.82) is 0 Å². The van der Waals surface area contributed by atoms with Gasteiger partial charge in [0.25, 0.3) is 11.8 Å².